The summed E-state index contributed by atoms with van der Waals surface area (Å²) in [6.45, 7) is 0.343. The van der Waals surface area contributed by atoms with E-state index in [2.05, 4.69) is 62.0 Å². The first-order valence-corrected chi connectivity index (χ1v) is 11.1. The first-order chi connectivity index (χ1) is 15.7. The smallest absolute Gasteiger partial charge is 0.263 e. The Bertz CT molecular complexity index is 1180. The molecule has 4 N–H and O–H groups in total. The Morgan fingerprint density at radius 2 is 1.78 bits per heavy atom. The van der Waals surface area contributed by atoms with Crippen molar-refractivity contribution in [2.75, 3.05) is 18.9 Å². The Morgan fingerprint density at radius 3 is 2.50 bits per heavy atom. The van der Waals surface area contributed by atoms with Gasteiger partial charge in [0.25, 0.3) is 5.91 Å². The lowest BCUT2D eigenvalue weighted by atomic mass is 10.0. The minimum atomic E-state index is -0.187. The third-order valence-electron chi connectivity index (χ3n) is 4.99. The molecule has 32 heavy (non-hydrogen) atoms. The molecule has 2 heterocycles. The van der Waals surface area contributed by atoms with Crippen LogP contribution >= 0.6 is 11.3 Å². The second kappa shape index (κ2) is 10.1. The number of thiazole rings is 1. The molecule has 0 aliphatic rings. The van der Waals surface area contributed by atoms with Gasteiger partial charge in [0.2, 0.25) is 5.95 Å². The monoisotopic (exact) mass is 444 g/mol. The van der Waals surface area contributed by atoms with Crippen molar-refractivity contribution in [3.8, 4) is 21.8 Å². The zero-order valence-corrected chi connectivity index (χ0v) is 18.5. The zero-order valence-electron chi connectivity index (χ0n) is 17.7. The predicted octanol–water partition coefficient (Wildman–Crippen LogP) is 3.61. The van der Waals surface area contributed by atoms with Crippen molar-refractivity contribution in [1.82, 2.24) is 20.3 Å². The van der Waals surface area contributed by atoms with Crippen molar-refractivity contribution < 1.29 is 4.79 Å². The average Bonchev–Trinajstić information content (AvgIpc) is 3.35. The molecule has 162 valence electrons. The first-order valence-electron chi connectivity index (χ1n) is 10.3. The molecule has 8 heteroatoms. The Morgan fingerprint density at radius 1 is 1.03 bits per heavy atom. The van der Waals surface area contributed by atoms with Gasteiger partial charge in [0.15, 0.2) is 0 Å². The highest BCUT2D eigenvalue weighted by molar-refractivity contribution is 7.16. The van der Waals surface area contributed by atoms with Crippen LogP contribution in [-0.4, -0.2) is 40.5 Å². The summed E-state index contributed by atoms with van der Waals surface area (Å²) < 4.78 is 0. The van der Waals surface area contributed by atoms with Gasteiger partial charge in [-0.1, -0.05) is 54.6 Å². The van der Waals surface area contributed by atoms with Crippen LogP contribution in [0.1, 0.15) is 15.2 Å². The second-order valence-electron chi connectivity index (χ2n) is 7.22. The summed E-state index contributed by atoms with van der Waals surface area (Å²) in [6.07, 6.45) is 3.88. The molecule has 0 fully saturated rings. The van der Waals surface area contributed by atoms with E-state index in [4.69, 9.17) is 5.73 Å². The molecule has 0 aliphatic carbocycles. The van der Waals surface area contributed by atoms with Gasteiger partial charge >= 0.3 is 0 Å². The maximum atomic E-state index is 12.8. The lowest BCUT2D eigenvalue weighted by Gasteiger charge is -2.16. The van der Waals surface area contributed by atoms with E-state index in [0.29, 0.717) is 34.5 Å². The van der Waals surface area contributed by atoms with Crippen LogP contribution in [0, 0.1) is 0 Å². The van der Waals surface area contributed by atoms with E-state index < -0.39 is 0 Å². The maximum Gasteiger partial charge on any atom is 0.263 e. The number of nitrogens with zero attached hydrogens (tertiary/aromatic N) is 3. The minimum absolute atomic E-state index is 0.175. The summed E-state index contributed by atoms with van der Waals surface area (Å²) in [4.78, 5) is 26.1. The van der Waals surface area contributed by atoms with Gasteiger partial charge in [0.1, 0.15) is 15.6 Å². The summed E-state index contributed by atoms with van der Waals surface area (Å²) in [5.41, 5.74) is 10.1. The minimum Gasteiger partial charge on any atom is -0.357 e. The van der Waals surface area contributed by atoms with E-state index in [1.807, 2.05) is 18.2 Å². The maximum absolute atomic E-state index is 12.8. The number of hydrogen-bond acceptors (Lipinski definition) is 7. The molecule has 0 bridgehead atoms. The van der Waals surface area contributed by atoms with Gasteiger partial charge < -0.3 is 16.4 Å². The molecule has 2 aromatic heterocycles. The number of hydrogen-bond donors (Lipinski definition) is 3. The van der Waals surface area contributed by atoms with Crippen LogP contribution in [0.2, 0.25) is 0 Å². The van der Waals surface area contributed by atoms with Crippen LogP contribution < -0.4 is 16.4 Å². The van der Waals surface area contributed by atoms with Crippen molar-refractivity contribution in [3.63, 3.8) is 0 Å². The van der Waals surface area contributed by atoms with Crippen LogP contribution in [0.15, 0.2) is 73.1 Å². The number of carbonyl (C=O) groups is 1. The van der Waals surface area contributed by atoms with Crippen LogP contribution in [0.4, 0.5) is 5.95 Å². The van der Waals surface area contributed by atoms with E-state index in [0.717, 1.165) is 11.1 Å². The van der Waals surface area contributed by atoms with Crippen molar-refractivity contribution in [1.29, 1.82) is 0 Å². The van der Waals surface area contributed by atoms with Crippen LogP contribution in [-0.2, 0) is 6.42 Å². The fourth-order valence-electron chi connectivity index (χ4n) is 3.29. The number of nitrogens with one attached hydrogen (secondary N) is 2. The topological polar surface area (TPSA) is 106 Å². The molecule has 0 saturated carbocycles. The second-order valence-corrected chi connectivity index (χ2v) is 8.25. The summed E-state index contributed by atoms with van der Waals surface area (Å²) in [7, 11) is 1.75. The van der Waals surface area contributed by atoms with Gasteiger partial charge in [0.05, 0.1) is 6.20 Å². The SMILES string of the molecule is CNc1nccc(-c2ncc(C(=O)NC(CN)Cc3ccc(-c4ccccc4)cc3)s2)n1. The third-order valence-corrected chi connectivity index (χ3v) is 6.01. The number of anilines is 1. The van der Waals surface area contributed by atoms with Crippen LogP contribution in [0.25, 0.3) is 21.8 Å². The van der Waals surface area contributed by atoms with Gasteiger partial charge in [0, 0.05) is 25.8 Å². The molecule has 0 aliphatic heterocycles. The third kappa shape index (κ3) is 5.16. The highest BCUT2D eigenvalue weighted by Gasteiger charge is 2.17. The van der Waals surface area contributed by atoms with Crippen molar-refractivity contribution in [3.05, 3.63) is 83.5 Å². The molecule has 0 spiro atoms. The fraction of sp³-hybridized carbons (Fsp3) is 0.167. The standard InChI is InChI=1S/C24H24N6OS/c1-26-24-27-12-11-20(30-24)23-28-15-21(32-23)22(31)29-19(14-25)13-16-7-9-18(10-8-16)17-5-3-2-4-6-17/h2-12,15,19H,13-14,25H2,1H3,(H,29,31)(H,26,27,30). The molecule has 0 saturated heterocycles. The van der Waals surface area contributed by atoms with Gasteiger partial charge in [-0.05, 0) is 29.2 Å². The van der Waals surface area contributed by atoms with Gasteiger partial charge in [-0.2, -0.15) is 0 Å². The molecule has 0 radical (unpaired) electrons. The lowest BCUT2D eigenvalue weighted by Crippen LogP contribution is -2.41. The molecule has 2 aromatic carbocycles. The summed E-state index contributed by atoms with van der Waals surface area (Å²) in [5, 5.41) is 6.59. The normalized spacial score (nSPS) is 11.7. The number of rotatable bonds is 8. The lowest BCUT2D eigenvalue weighted by molar-refractivity contribution is 0.0942. The molecular weight excluding hydrogens is 420 g/mol. The van der Waals surface area contributed by atoms with E-state index in [1.165, 1.54) is 16.9 Å². The van der Waals surface area contributed by atoms with E-state index in [-0.39, 0.29) is 11.9 Å². The largest absolute Gasteiger partial charge is 0.357 e. The number of amides is 1. The van der Waals surface area contributed by atoms with Crippen molar-refractivity contribution >= 4 is 23.2 Å². The summed E-state index contributed by atoms with van der Waals surface area (Å²) in [5.74, 6) is 0.318. The Balaban J connectivity index is 1.40. The zero-order chi connectivity index (χ0) is 22.3. The highest BCUT2D eigenvalue weighted by atomic mass is 32.1. The highest BCUT2D eigenvalue weighted by Crippen LogP contribution is 2.24. The summed E-state index contributed by atoms with van der Waals surface area (Å²) >= 11 is 1.29. The number of aromatic nitrogens is 3. The molecular formula is C24H24N6OS. The Labute approximate surface area is 190 Å². The van der Waals surface area contributed by atoms with E-state index >= 15 is 0 Å². The fourth-order valence-corrected chi connectivity index (χ4v) is 4.08. The molecule has 7 nitrogen and oxygen atoms in total. The van der Waals surface area contributed by atoms with Crippen molar-refractivity contribution in [2.45, 2.75) is 12.5 Å². The van der Waals surface area contributed by atoms with Crippen LogP contribution in [0.5, 0.6) is 0 Å². The van der Waals surface area contributed by atoms with Crippen LogP contribution in [0.3, 0.4) is 0 Å². The summed E-state index contributed by atoms with van der Waals surface area (Å²) in [6, 6.07) is 20.2. The molecule has 1 amide bonds. The number of benzene rings is 2. The average molecular weight is 445 g/mol. The van der Waals surface area contributed by atoms with Gasteiger partial charge in [-0.25, -0.2) is 15.0 Å². The predicted molar refractivity (Wildman–Crippen MR) is 129 cm³/mol. The quantitative estimate of drug-likeness (QED) is 0.383. The first kappa shape index (κ1) is 21.6. The number of nitrogens with two attached hydrogens (primary N) is 1. The number of carbonyl (C=O) groups excluding carboxylic acids is 1. The molecule has 1 unspecified atom stereocenters. The van der Waals surface area contributed by atoms with E-state index in [1.54, 1.807) is 25.5 Å². The molecule has 4 rings (SSSR count). The van der Waals surface area contributed by atoms with Gasteiger partial charge in [-0.3, -0.25) is 4.79 Å². The Kier molecular flexibility index (Phi) is 6.84. The Hall–Kier alpha value is -3.62. The molecule has 1 atom stereocenters. The van der Waals surface area contributed by atoms with Gasteiger partial charge in [-0.15, -0.1) is 11.3 Å². The van der Waals surface area contributed by atoms with Crippen molar-refractivity contribution in [2.24, 2.45) is 5.73 Å². The van der Waals surface area contributed by atoms with E-state index in [9.17, 15) is 4.79 Å². The molecule has 4 aromatic rings.